The number of fused-ring (bicyclic) bond motifs is 1. The lowest BCUT2D eigenvalue weighted by atomic mass is 10.2. The first-order valence-corrected chi connectivity index (χ1v) is 7.56. The fourth-order valence-corrected chi connectivity index (χ4v) is 3.18. The van der Waals surface area contributed by atoms with Crippen molar-refractivity contribution in [1.29, 1.82) is 0 Å². The Morgan fingerprint density at radius 3 is 2.55 bits per heavy atom. The van der Waals surface area contributed by atoms with E-state index in [-0.39, 0.29) is 5.84 Å². The van der Waals surface area contributed by atoms with Gasteiger partial charge in [-0.1, -0.05) is 5.16 Å². The van der Waals surface area contributed by atoms with E-state index >= 15 is 0 Å². The SMILES string of the molecule is CN(C)c1ccc(-c2nc3ccc(/C(N)=N/O)cc3s2)cc1. The molecule has 0 aliphatic rings. The van der Waals surface area contributed by atoms with Crippen LogP contribution in [0, 0.1) is 0 Å². The molecule has 1 aromatic heterocycles. The van der Waals surface area contributed by atoms with Gasteiger partial charge in [-0.05, 0) is 42.5 Å². The van der Waals surface area contributed by atoms with E-state index in [2.05, 4.69) is 39.3 Å². The average molecular weight is 312 g/mol. The Kier molecular flexibility index (Phi) is 3.68. The van der Waals surface area contributed by atoms with E-state index in [0.717, 1.165) is 26.5 Å². The molecule has 0 fully saturated rings. The maximum Gasteiger partial charge on any atom is 0.170 e. The topological polar surface area (TPSA) is 74.7 Å². The highest BCUT2D eigenvalue weighted by atomic mass is 32.1. The molecule has 0 amide bonds. The van der Waals surface area contributed by atoms with E-state index in [9.17, 15) is 0 Å². The Bertz CT molecular complexity index is 837. The number of aromatic nitrogens is 1. The van der Waals surface area contributed by atoms with E-state index in [1.54, 1.807) is 17.4 Å². The molecule has 0 atom stereocenters. The van der Waals surface area contributed by atoms with Gasteiger partial charge in [-0.2, -0.15) is 0 Å². The number of hydrogen-bond donors (Lipinski definition) is 2. The van der Waals surface area contributed by atoms with E-state index in [0.29, 0.717) is 5.56 Å². The van der Waals surface area contributed by atoms with Crippen LogP contribution in [-0.4, -0.2) is 30.1 Å². The molecule has 22 heavy (non-hydrogen) atoms. The molecule has 0 bridgehead atoms. The molecule has 3 N–H and O–H groups in total. The molecule has 1 heterocycles. The van der Waals surface area contributed by atoms with Crippen molar-refractivity contribution < 1.29 is 5.21 Å². The van der Waals surface area contributed by atoms with Gasteiger partial charge in [0, 0.05) is 30.9 Å². The van der Waals surface area contributed by atoms with Crippen LogP contribution < -0.4 is 10.6 Å². The van der Waals surface area contributed by atoms with E-state index < -0.39 is 0 Å². The van der Waals surface area contributed by atoms with Gasteiger partial charge in [-0.3, -0.25) is 0 Å². The largest absolute Gasteiger partial charge is 0.409 e. The Labute approximate surface area is 132 Å². The van der Waals surface area contributed by atoms with E-state index in [4.69, 9.17) is 10.9 Å². The first kappa shape index (κ1) is 14.3. The summed E-state index contributed by atoms with van der Waals surface area (Å²) in [5.74, 6) is 0.104. The van der Waals surface area contributed by atoms with Crippen molar-refractivity contribution in [3.8, 4) is 10.6 Å². The monoisotopic (exact) mass is 312 g/mol. The van der Waals surface area contributed by atoms with Crippen LogP contribution >= 0.6 is 11.3 Å². The number of benzene rings is 2. The summed E-state index contributed by atoms with van der Waals surface area (Å²) in [7, 11) is 4.03. The zero-order valence-corrected chi connectivity index (χ0v) is 13.1. The minimum Gasteiger partial charge on any atom is -0.409 e. The third kappa shape index (κ3) is 2.60. The van der Waals surface area contributed by atoms with Crippen LogP contribution in [0.15, 0.2) is 47.6 Å². The molecule has 112 valence electrons. The zero-order chi connectivity index (χ0) is 15.7. The number of oxime groups is 1. The van der Waals surface area contributed by atoms with Gasteiger partial charge < -0.3 is 15.8 Å². The standard InChI is InChI=1S/C16H16N4OS/c1-20(2)12-6-3-10(4-7-12)16-18-13-8-5-11(15(17)19-21)9-14(13)22-16/h3-9,21H,1-2H3,(H2,17,19). The van der Waals surface area contributed by atoms with Crippen molar-refractivity contribution in [2.75, 3.05) is 19.0 Å². The van der Waals surface area contributed by atoms with Gasteiger partial charge in [-0.25, -0.2) is 4.98 Å². The predicted octanol–water partition coefficient (Wildman–Crippen LogP) is 3.12. The molecule has 0 saturated heterocycles. The third-order valence-electron chi connectivity index (χ3n) is 3.42. The number of thiazole rings is 1. The highest BCUT2D eigenvalue weighted by Gasteiger charge is 2.09. The normalized spacial score (nSPS) is 11.8. The van der Waals surface area contributed by atoms with Crippen molar-refractivity contribution in [1.82, 2.24) is 4.98 Å². The molecule has 3 rings (SSSR count). The summed E-state index contributed by atoms with van der Waals surface area (Å²) >= 11 is 1.59. The number of anilines is 1. The quantitative estimate of drug-likeness (QED) is 0.337. The smallest absolute Gasteiger partial charge is 0.170 e. The molecule has 0 spiro atoms. The summed E-state index contributed by atoms with van der Waals surface area (Å²) in [6.45, 7) is 0. The second-order valence-corrected chi connectivity index (χ2v) is 6.16. The maximum absolute atomic E-state index is 8.76. The van der Waals surface area contributed by atoms with E-state index in [1.165, 1.54) is 0 Å². The summed E-state index contributed by atoms with van der Waals surface area (Å²) in [6.07, 6.45) is 0. The highest BCUT2D eigenvalue weighted by Crippen LogP contribution is 2.31. The van der Waals surface area contributed by atoms with Gasteiger partial charge in [0.2, 0.25) is 0 Å². The Morgan fingerprint density at radius 1 is 1.18 bits per heavy atom. The first-order valence-electron chi connectivity index (χ1n) is 6.75. The number of amidine groups is 1. The molecular formula is C16H16N4OS. The molecule has 0 aliphatic heterocycles. The lowest BCUT2D eigenvalue weighted by Crippen LogP contribution is -2.12. The summed E-state index contributed by atoms with van der Waals surface area (Å²) < 4.78 is 1.01. The lowest BCUT2D eigenvalue weighted by molar-refractivity contribution is 0.318. The van der Waals surface area contributed by atoms with Gasteiger partial charge in [0.1, 0.15) is 5.01 Å². The molecule has 6 heteroatoms. The minimum absolute atomic E-state index is 0.104. The van der Waals surface area contributed by atoms with Crippen molar-refractivity contribution in [3.05, 3.63) is 48.0 Å². The molecular weight excluding hydrogens is 296 g/mol. The second kappa shape index (κ2) is 5.65. The van der Waals surface area contributed by atoms with Crippen molar-refractivity contribution in [2.24, 2.45) is 10.9 Å². The second-order valence-electron chi connectivity index (χ2n) is 5.13. The number of nitrogens with two attached hydrogens (primary N) is 1. The number of rotatable bonds is 3. The van der Waals surface area contributed by atoms with Crippen molar-refractivity contribution in [2.45, 2.75) is 0 Å². The molecule has 0 unspecified atom stereocenters. The predicted molar refractivity (Wildman–Crippen MR) is 91.9 cm³/mol. The first-order chi connectivity index (χ1) is 10.6. The van der Waals surface area contributed by atoms with Gasteiger partial charge in [0.25, 0.3) is 0 Å². The Balaban J connectivity index is 2.01. The maximum atomic E-state index is 8.76. The van der Waals surface area contributed by atoms with Gasteiger partial charge in [0.05, 0.1) is 10.2 Å². The molecule has 0 saturated carbocycles. The summed E-state index contributed by atoms with van der Waals surface area (Å²) in [5, 5.41) is 12.7. The third-order valence-corrected chi connectivity index (χ3v) is 4.49. The summed E-state index contributed by atoms with van der Waals surface area (Å²) in [6, 6.07) is 13.9. The molecule has 0 aliphatic carbocycles. The average Bonchev–Trinajstić information content (AvgIpc) is 2.97. The van der Waals surface area contributed by atoms with Crippen LogP contribution in [0.1, 0.15) is 5.56 Å². The van der Waals surface area contributed by atoms with E-state index in [1.807, 2.05) is 26.2 Å². The summed E-state index contributed by atoms with van der Waals surface area (Å²) in [5.41, 5.74) is 9.46. The van der Waals surface area contributed by atoms with Crippen LogP contribution in [-0.2, 0) is 0 Å². The molecule has 5 nitrogen and oxygen atoms in total. The zero-order valence-electron chi connectivity index (χ0n) is 12.3. The highest BCUT2D eigenvalue weighted by molar-refractivity contribution is 7.21. The van der Waals surface area contributed by atoms with Gasteiger partial charge >= 0.3 is 0 Å². The van der Waals surface area contributed by atoms with Crippen LogP contribution in [0.2, 0.25) is 0 Å². The number of hydrogen-bond acceptors (Lipinski definition) is 5. The Morgan fingerprint density at radius 2 is 1.91 bits per heavy atom. The molecule has 3 aromatic rings. The van der Waals surface area contributed by atoms with Crippen LogP contribution in [0.4, 0.5) is 5.69 Å². The van der Waals surface area contributed by atoms with Gasteiger partial charge in [-0.15, -0.1) is 11.3 Å². The van der Waals surface area contributed by atoms with Crippen molar-refractivity contribution in [3.63, 3.8) is 0 Å². The molecule has 2 aromatic carbocycles. The number of nitrogens with zero attached hydrogens (tertiary/aromatic N) is 3. The molecule has 0 radical (unpaired) electrons. The van der Waals surface area contributed by atoms with Gasteiger partial charge in [0.15, 0.2) is 5.84 Å². The van der Waals surface area contributed by atoms with Crippen molar-refractivity contribution >= 4 is 33.1 Å². The van der Waals surface area contributed by atoms with Crippen LogP contribution in [0.3, 0.4) is 0 Å². The van der Waals surface area contributed by atoms with Crippen LogP contribution in [0.5, 0.6) is 0 Å². The van der Waals surface area contributed by atoms with Crippen LogP contribution in [0.25, 0.3) is 20.8 Å². The minimum atomic E-state index is 0.104. The fourth-order valence-electron chi connectivity index (χ4n) is 2.17. The lowest BCUT2D eigenvalue weighted by Gasteiger charge is -2.11. The fraction of sp³-hybridized carbons (Fsp3) is 0.125. The summed E-state index contributed by atoms with van der Waals surface area (Å²) in [4.78, 5) is 6.71. The Hall–Kier alpha value is -2.60.